The van der Waals surface area contributed by atoms with Gasteiger partial charge < -0.3 is 20.7 Å². The largest absolute Gasteiger partial charge is 0.444 e. The lowest BCUT2D eigenvalue weighted by molar-refractivity contribution is -0.138. The van der Waals surface area contributed by atoms with Crippen LogP contribution in [-0.2, 0) is 27.7 Å². The number of nitrogens with two attached hydrogens (primary N) is 1. The zero-order valence-corrected chi connectivity index (χ0v) is 18.5. The van der Waals surface area contributed by atoms with Crippen molar-refractivity contribution in [1.29, 1.82) is 0 Å². The molecule has 0 radical (unpaired) electrons. The molecule has 3 N–H and O–H groups in total. The number of aryl methyl sites for hydroxylation is 1. The number of alkyl carbamates (subject to hydrolysis) is 1. The van der Waals surface area contributed by atoms with Crippen LogP contribution in [0.4, 0.5) is 23.8 Å². The van der Waals surface area contributed by atoms with E-state index in [1.807, 2.05) is 0 Å². The molecule has 0 bridgehead atoms. The zero-order valence-electron chi connectivity index (χ0n) is 18.5. The van der Waals surface area contributed by atoms with Crippen LogP contribution >= 0.6 is 0 Å². The number of anilines is 1. The van der Waals surface area contributed by atoms with Gasteiger partial charge in [-0.15, -0.1) is 0 Å². The summed E-state index contributed by atoms with van der Waals surface area (Å²) in [5, 5.41) is 6.90. The SMILES string of the molecule is CC(C)(C)OC(=O)NCC(=O)N1CC2(CCn3nc(-c4cnc(N)c(C(F)(F)F)c4)cc32)C1. The van der Waals surface area contributed by atoms with Crippen LogP contribution in [0.3, 0.4) is 0 Å². The molecule has 1 saturated heterocycles. The minimum absolute atomic E-state index is 0.174. The lowest BCUT2D eigenvalue weighted by Gasteiger charge is -2.47. The van der Waals surface area contributed by atoms with Crippen molar-refractivity contribution in [1.82, 2.24) is 25.0 Å². The lowest BCUT2D eigenvalue weighted by atomic mass is 9.75. The van der Waals surface area contributed by atoms with Crippen molar-refractivity contribution in [2.75, 3.05) is 25.4 Å². The van der Waals surface area contributed by atoms with Crippen molar-refractivity contribution in [3.8, 4) is 11.3 Å². The number of ether oxygens (including phenoxy) is 1. The van der Waals surface area contributed by atoms with Crippen molar-refractivity contribution in [2.45, 2.75) is 50.9 Å². The highest BCUT2D eigenvalue weighted by atomic mass is 19.4. The Balaban J connectivity index is 1.43. The second-order valence-electron chi connectivity index (χ2n) is 9.43. The summed E-state index contributed by atoms with van der Waals surface area (Å²) in [5.41, 5.74) is 4.89. The first-order valence-corrected chi connectivity index (χ1v) is 10.4. The number of fused-ring (bicyclic) bond motifs is 2. The number of hydrogen-bond acceptors (Lipinski definition) is 6. The fourth-order valence-electron chi connectivity index (χ4n) is 4.20. The molecule has 2 amide bonds. The molecule has 2 aromatic rings. The van der Waals surface area contributed by atoms with E-state index in [0.29, 0.717) is 25.3 Å². The van der Waals surface area contributed by atoms with Gasteiger partial charge in [-0.25, -0.2) is 9.78 Å². The molecule has 0 unspecified atom stereocenters. The first-order valence-electron chi connectivity index (χ1n) is 10.4. The molecule has 9 nitrogen and oxygen atoms in total. The number of pyridine rings is 1. The third-order valence-corrected chi connectivity index (χ3v) is 5.77. The van der Waals surface area contributed by atoms with Crippen LogP contribution in [0.25, 0.3) is 11.3 Å². The number of halogens is 3. The molecule has 2 aliphatic rings. The minimum atomic E-state index is -4.61. The molecule has 2 aromatic heterocycles. The van der Waals surface area contributed by atoms with E-state index < -0.39 is 29.3 Å². The van der Waals surface area contributed by atoms with Gasteiger partial charge in [0.05, 0.1) is 11.3 Å². The van der Waals surface area contributed by atoms with Gasteiger partial charge in [-0.3, -0.25) is 9.48 Å². The monoisotopic (exact) mass is 466 g/mol. The van der Waals surface area contributed by atoms with E-state index in [0.717, 1.165) is 18.2 Å². The van der Waals surface area contributed by atoms with Crippen molar-refractivity contribution < 1.29 is 27.5 Å². The van der Waals surface area contributed by atoms with E-state index in [4.69, 9.17) is 10.5 Å². The van der Waals surface area contributed by atoms with Gasteiger partial charge in [-0.05, 0) is 39.3 Å². The number of nitrogens with one attached hydrogen (secondary N) is 1. The van der Waals surface area contributed by atoms with Crippen molar-refractivity contribution in [2.24, 2.45) is 0 Å². The number of amides is 2. The maximum absolute atomic E-state index is 13.2. The van der Waals surface area contributed by atoms with Crippen LogP contribution in [0.5, 0.6) is 0 Å². The lowest BCUT2D eigenvalue weighted by Crippen LogP contribution is -2.61. The summed E-state index contributed by atoms with van der Waals surface area (Å²) in [6, 6.07) is 2.70. The van der Waals surface area contributed by atoms with Crippen LogP contribution in [0.15, 0.2) is 18.3 Å². The summed E-state index contributed by atoms with van der Waals surface area (Å²) in [4.78, 5) is 29.5. The van der Waals surface area contributed by atoms with Crippen molar-refractivity contribution in [3.63, 3.8) is 0 Å². The molecule has 0 atom stereocenters. The number of carbonyl (C=O) groups is 2. The van der Waals surface area contributed by atoms with Crippen molar-refractivity contribution in [3.05, 3.63) is 29.6 Å². The second kappa shape index (κ2) is 7.63. The minimum Gasteiger partial charge on any atom is -0.444 e. The Morgan fingerprint density at radius 1 is 1.24 bits per heavy atom. The van der Waals surface area contributed by atoms with Crippen LogP contribution < -0.4 is 11.1 Å². The molecule has 4 heterocycles. The number of nitrogens with zero attached hydrogens (tertiary/aromatic N) is 4. The van der Waals surface area contributed by atoms with E-state index >= 15 is 0 Å². The number of alkyl halides is 3. The quantitative estimate of drug-likeness (QED) is 0.719. The van der Waals surface area contributed by atoms with Gasteiger partial charge in [0, 0.05) is 42.5 Å². The van der Waals surface area contributed by atoms with Crippen LogP contribution in [0, 0.1) is 0 Å². The average molecular weight is 466 g/mol. The maximum atomic E-state index is 13.2. The molecule has 2 aliphatic heterocycles. The fraction of sp³-hybridized carbons (Fsp3) is 0.524. The normalized spacial score (nSPS) is 17.0. The van der Waals surface area contributed by atoms with Crippen LogP contribution in [0.2, 0.25) is 0 Å². The van der Waals surface area contributed by atoms with Gasteiger partial charge in [-0.1, -0.05) is 0 Å². The molecule has 33 heavy (non-hydrogen) atoms. The van der Waals surface area contributed by atoms with Gasteiger partial charge in [0.2, 0.25) is 5.91 Å². The summed E-state index contributed by atoms with van der Waals surface area (Å²) >= 11 is 0. The van der Waals surface area contributed by atoms with Gasteiger partial charge in [0.25, 0.3) is 0 Å². The number of rotatable bonds is 3. The Morgan fingerprint density at radius 2 is 1.94 bits per heavy atom. The maximum Gasteiger partial charge on any atom is 0.419 e. The summed E-state index contributed by atoms with van der Waals surface area (Å²) in [6.45, 7) is 6.51. The highest BCUT2D eigenvalue weighted by molar-refractivity contribution is 5.83. The van der Waals surface area contributed by atoms with Gasteiger partial charge in [0.1, 0.15) is 18.0 Å². The third kappa shape index (κ3) is 4.46. The predicted octanol–water partition coefficient (Wildman–Crippen LogP) is 2.55. The Hall–Kier alpha value is -3.31. The first kappa shape index (κ1) is 22.9. The molecular formula is C21H25F3N6O3. The van der Waals surface area contributed by atoms with Gasteiger partial charge in [0.15, 0.2) is 0 Å². The summed E-state index contributed by atoms with van der Waals surface area (Å²) in [5.74, 6) is -0.815. The van der Waals surface area contributed by atoms with Crippen LogP contribution in [-0.4, -0.2) is 56.9 Å². The molecule has 178 valence electrons. The van der Waals surface area contributed by atoms with Crippen molar-refractivity contribution >= 4 is 17.8 Å². The molecular weight excluding hydrogens is 441 g/mol. The highest BCUT2D eigenvalue weighted by Gasteiger charge is 2.51. The number of nitrogen functional groups attached to an aromatic ring is 1. The molecule has 0 aliphatic carbocycles. The van der Waals surface area contributed by atoms with E-state index in [2.05, 4.69) is 15.4 Å². The molecule has 0 saturated carbocycles. The fourth-order valence-corrected chi connectivity index (χ4v) is 4.20. The average Bonchev–Trinajstić information content (AvgIpc) is 3.22. The standard InChI is InChI=1S/C21H25F3N6O3/c1-19(2,3)33-18(32)27-9-16(31)29-10-20(11-29)4-5-30-15(20)7-14(28-30)12-6-13(21(22,23)24)17(25)26-8-12/h6-8H,4-5,9-11H2,1-3H3,(H2,25,26)(H,27,32). The van der Waals surface area contributed by atoms with E-state index in [1.54, 1.807) is 36.4 Å². The third-order valence-electron chi connectivity index (χ3n) is 5.77. The molecule has 1 spiro atoms. The Kier molecular flexibility index (Phi) is 5.29. The number of likely N-dealkylation sites (tertiary alicyclic amines) is 1. The number of hydrogen-bond donors (Lipinski definition) is 2. The first-order chi connectivity index (χ1) is 15.3. The second-order valence-corrected chi connectivity index (χ2v) is 9.43. The van der Waals surface area contributed by atoms with Gasteiger partial charge in [-0.2, -0.15) is 18.3 Å². The summed E-state index contributed by atoms with van der Waals surface area (Å²) in [7, 11) is 0. The molecule has 1 fully saturated rings. The number of aromatic nitrogens is 3. The molecule has 4 rings (SSSR count). The predicted molar refractivity (Wildman–Crippen MR) is 112 cm³/mol. The topological polar surface area (TPSA) is 115 Å². The Morgan fingerprint density at radius 3 is 2.58 bits per heavy atom. The Bertz CT molecular complexity index is 1100. The zero-order chi connectivity index (χ0) is 24.2. The number of carbonyl (C=O) groups excluding carboxylic acids is 2. The molecule has 12 heteroatoms. The smallest absolute Gasteiger partial charge is 0.419 e. The highest BCUT2D eigenvalue weighted by Crippen LogP contribution is 2.44. The van der Waals surface area contributed by atoms with Crippen LogP contribution in [0.1, 0.15) is 38.4 Å². The Labute approximate surface area is 188 Å². The summed E-state index contributed by atoms with van der Waals surface area (Å²) < 4.78 is 46.5. The van der Waals surface area contributed by atoms with E-state index in [-0.39, 0.29) is 23.4 Å². The molecule has 0 aromatic carbocycles. The van der Waals surface area contributed by atoms with E-state index in [9.17, 15) is 22.8 Å². The van der Waals surface area contributed by atoms with Gasteiger partial charge >= 0.3 is 12.3 Å². The summed E-state index contributed by atoms with van der Waals surface area (Å²) in [6.07, 6.45) is -3.23. The van der Waals surface area contributed by atoms with E-state index in [1.165, 1.54) is 6.20 Å².